The van der Waals surface area contributed by atoms with Gasteiger partial charge >= 0.3 is 0 Å². The van der Waals surface area contributed by atoms with E-state index >= 15 is 0 Å². The SMILES string of the molecule is O=Cc1cccc(-c2ccc([C]3[CH][CH][CH][CH]3)cc2)c1. The number of aldehydes is 1. The molecule has 0 amide bonds. The molecule has 0 aromatic heterocycles. The van der Waals surface area contributed by atoms with Crippen LogP contribution in [0.5, 0.6) is 0 Å². The fourth-order valence-corrected chi connectivity index (χ4v) is 2.21. The average Bonchev–Trinajstić information content (AvgIpc) is 3.02. The second-order valence-corrected chi connectivity index (χ2v) is 4.49. The van der Waals surface area contributed by atoms with Crippen molar-refractivity contribution in [1.82, 2.24) is 0 Å². The molecule has 2 aromatic carbocycles. The van der Waals surface area contributed by atoms with Gasteiger partial charge < -0.3 is 0 Å². The maximum atomic E-state index is 10.8. The van der Waals surface area contributed by atoms with E-state index in [1.165, 1.54) is 11.5 Å². The highest BCUT2D eigenvalue weighted by Crippen LogP contribution is 2.31. The van der Waals surface area contributed by atoms with Crippen LogP contribution in [0, 0.1) is 31.6 Å². The van der Waals surface area contributed by atoms with Gasteiger partial charge in [-0.2, -0.15) is 0 Å². The highest BCUT2D eigenvalue weighted by Gasteiger charge is 2.18. The summed E-state index contributed by atoms with van der Waals surface area (Å²) < 4.78 is 0. The van der Waals surface area contributed by atoms with E-state index in [-0.39, 0.29) is 0 Å². The molecule has 1 saturated carbocycles. The minimum Gasteiger partial charge on any atom is -0.298 e. The predicted molar refractivity (Wildman–Crippen MR) is 76.8 cm³/mol. The van der Waals surface area contributed by atoms with Gasteiger partial charge in [-0.1, -0.05) is 42.5 Å². The summed E-state index contributed by atoms with van der Waals surface area (Å²) >= 11 is 0. The standard InChI is InChI=1S/C18H13O/c19-13-14-4-3-7-18(12-14)17-10-8-16(9-11-17)15-5-1-2-6-15/h1-13H. The molecule has 0 saturated heterocycles. The lowest BCUT2D eigenvalue weighted by atomic mass is 9.95. The van der Waals surface area contributed by atoms with Gasteiger partial charge in [0.25, 0.3) is 0 Å². The zero-order valence-electron chi connectivity index (χ0n) is 10.4. The smallest absolute Gasteiger partial charge is 0.150 e. The minimum absolute atomic E-state index is 0.706. The molecule has 0 atom stereocenters. The zero-order valence-corrected chi connectivity index (χ0v) is 10.4. The molecule has 0 N–H and O–H groups in total. The molecule has 2 aromatic rings. The lowest BCUT2D eigenvalue weighted by Gasteiger charge is -2.09. The number of benzene rings is 2. The Kier molecular flexibility index (Phi) is 3.45. The third-order valence-corrected chi connectivity index (χ3v) is 3.24. The van der Waals surface area contributed by atoms with Crippen molar-refractivity contribution < 1.29 is 4.79 Å². The summed E-state index contributed by atoms with van der Waals surface area (Å²) in [6.45, 7) is 0. The Morgan fingerprint density at radius 2 is 1.42 bits per heavy atom. The van der Waals surface area contributed by atoms with Crippen LogP contribution in [-0.4, -0.2) is 6.29 Å². The van der Waals surface area contributed by atoms with Crippen LogP contribution in [0.25, 0.3) is 11.1 Å². The van der Waals surface area contributed by atoms with Crippen LogP contribution in [-0.2, 0) is 0 Å². The molecule has 1 aliphatic rings. The Morgan fingerprint density at radius 3 is 2.11 bits per heavy atom. The maximum Gasteiger partial charge on any atom is 0.150 e. The summed E-state index contributed by atoms with van der Waals surface area (Å²) in [5.74, 6) is 1.23. The fraction of sp³-hybridized carbons (Fsp3) is 0. The Bertz CT molecular complexity index is 562. The van der Waals surface area contributed by atoms with Gasteiger partial charge in [0.2, 0.25) is 0 Å². The van der Waals surface area contributed by atoms with Gasteiger partial charge in [-0.15, -0.1) is 0 Å². The summed E-state index contributed by atoms with van der Waals surface area (Å²) in [5, 5.41) is 0. The predicted octanol–water partition coefficient (Wildman–Crippen LogP) is 3.92. The molecular weight excluding hydrogens is 232 g/mol. The lowest BCUT2D eigenvalue weighted by Crippen LogP contribution is -1.94. The number of carbonyl (C=O) groups is 1. The van der Waals surface area contributed by atoms with Gasteiger partial charge in [-0.05, 0) is 48.4 Å². The molecule has 0 spiro atoms. The number of carbonyl (C=O) groups excluding carboxylic acids is 1. The van der Waals surface area contributed by atoms with Crippen molar-refractivity contribution in [3.63, 3.8) is 0 Å². The summed E-state index contributed by atoms with van der Waals surface area (Å²) in [6.07, 6.45) is 9.15. The molecule has 1 nitrogen and oxygen atoms in total. The van der Waals surface area contributed by atoms with Crippen molar-refractivity contribution in [3.05, 3.63) is 91.3 Å². The molecular formula is C18H13O. The first-order valence-electron chi connectivity index (χ1n) is 6.24. The Balaban J connectivity index is 1.86. The molecule has 0 unspecified atom stereocenters. The van der Waals surface area contributed by atoms with Crippen LogP contribution < -0.4 is 0 Å². The van der Waals surface area contributed by atoms with Gasteiger partial charge in [0.15, 0.2) is 0 Å². The highest BCUT2D eigenvalue weighted by atomic mass is 16.1. The molecule has 0 heterocycles. The van der Waals surface area contributed by atoms with Gasteiger partial charge in [0.1, 0.15) is 6.29 Å². The van der Waals surface area contributed by atoms with Crippen molar-refractivity contribution in [1.29, 1.82) is 0 Å². The van der Waals surface area contributed by atoms with E-state index < -0.39 is 0 Å². The molecule has 19 heavy (non-hydrogen) atoms. The van der Waals surface area contributed by atoms with Crippen LogP contribution in [0.1, 0.15) is 15.9 Å². The minimum atomic E-state index is 0.706. The molecule has 0 aliphatic heterocycles. The molecule has 1 heteroatoms. The fourth-order valence-electron chi connectivity index (χ4n) is 2.21. The van der Waals surface area contributed by atoms with E-state index in [0.29, 0.717) is 5.56 Å². The second kappa shape index (κ2) is 5.40. The van der Waals surface area contributed by atoms with Gasteiger partial charge in [0, 0.05) is 11.5 Å². The largest absolute Gasteiger partial charge is 0.298 e. The summed E-state index contributed by atoms with van der Waals surface area (Å²) in [7, 11) is 0. The molecule has 5 radical (unpaired) electrons. The maximum absolute atomic E-state index is 10.8. The molecule has 0 bridgehead atoms. The van der Waals surface area contributed by atoms with E-state index in [9.17, 15) is 4.79 Å². The lowest BCUT2D eigenvalue weighted by molar-refractivity contribution is 0.112. The summed E-state index contributed by atoms with van der Waals surface area (Å²) in [5.41, 5.74) is 4.11. The normalized spacial score (nSPS) is 15.6. The highest BCUT2D eigenvalue weighted by molar-refractivity contribution is 5.79. The van der Waals surface area contributed by atoms with Crippen molar-refractivity contribution in [3.8, 4) is 11.1 Å². The van der Waals surface area contributed by atoms with E-state index in [1.54, 1.807) is 0 Å². The van der Waals surface area contributed by atoms with Crippen molar-refractivity contribution in [2.75, 3.05) is 0 Å². The Hall–Kier alpha value is -1.89. The first kappa shape index (κ1) is 12.2. The molecule has 3 rings (SSSR count). The second-order valence-electron chi connectivity index (χ2n) is 4.49. The van der Waals surface area contributed by atoms with Crippen LogP contribution in [0.2, 0.25) is 0 Å². The van der Waals surface area contributed by atoms with Crippen molar-refractivity contribution >= 4 is 6.29 Å². The summed E-state index contributed by atoms with van der Waals surface area (Å²) in [6, 6.07) is 16.0. The van der Waals surface area contributed by atoms with Gasteiger partial charge in [0.05, 0.1) is 0 Å². The molecule has 91 valence electrons. The molecule has 1 aliphatic carbocycles. The van der Waals surface area contributed by atoms with Crippen LogP contribution in [0.4, 0.5) is 0 Å². The van der Waals surface area contributed by atoms with Crippen LogP contribution >= 0.6 is 0 Å². The monoisotopic (exact) mass is 245 g/mol. The number of rotatable bonds is 3. The summed E-state index contributed by atoms with van der Waals surface area (Å²) in [4.78, 5) is 10.8. The van der Waals surface area contributed by atoms with Gasteiger partial charge in [-0.3, -0.25) is 4.79 Å². The number of hydrogen-bond donors (Lipinski definition) is 0. The van der Waals surface area contributed by atoms with E-state index in [0.717, 1.165) is 17.4 Å². The zero-order chi connectivity index (χ0) is 13.1. The van der Waals surface area contributed by atoms with Crippen LogP contribution in [0.3, 0.4) is 0 Å². The third-order valence-electron chi connectivity index (χ3n) is 3.24. The Labute approximate surface area is 114 Å². The van der Waals surface area contributed by atoms with Gasteiger partial charge in [-0.25, -0.2) is 0 Å². The average molecular weight is 245 g/mol. The third kappa shape index (κ3) is 2.60. The topological polar surface area (TPSA) is 17.1 Å². The van der Waals surface area contributed by atoms with E-state index in [4.69, 9.17) is 0 Å². The van der Waals surface area contributed by atoms with E-state index in [2.05, 4.69) is 37.1 Å². The van der Waals surface area contributed by atoms with Crippen molar-refractivity contribution in [2.45, 2.75) is 0 Å². The first-order chi connectivity index (χ1) is 9.36. The first-order valence-corrected chi connectivity index (χ1v) is 6.24. The van der Waals surface area contributed by atoms with E-state index in [1.807, 2.05) is 37.1 Å². The number of hydrogen-bond acceptors (Lipinski definition) is 1. The van der Waals surface area contributed by atoms with Crippen molar-refractivity contribution in [2.24, 2.45) is 0 Å². The Morgan fingerprint density at radius 1 is 0.737 bits per heavy atom. The van der Waals surface area contributed by atoms with Crippen LogP contribution in [0.15, 0.2) is 48.5 Å². The molecule has 1 fully saturated rings. The quantitative estimate of drug-likeness (QED) is 0.749.